The average Bonchev–Trinajstić information content (AvgIpc) is 2.14. The van der Waals surface area contributed by atoms with Crippen LogP contribution in [-0.2, 0) is 0 Å². The monoisotopic (exact) mass is 207 g/mol. The molecule has 0 amide bonds. The topological polar surface area (TPSA) is 63.3 Å². The Balaban J connectivity index is 3.20. The Hall–Kier alpha value is -1.19. The lowest BCUT2D eigenvalue weighted by Crippen LogP contribution is -2.30. The predicted molar refractivity (Wildman–Crippen MR) is 60.0 cm³/mol. The fourth-order valence-electron chi connectivity index (χ4n) is 1.84. The number of carbonyl (C=O) groups excluding carboxylic acids is 1. The highest BCUT2D eigenvalue weighted by Gasteiger charge is 2.19. The van der Waals surface area contributed by atoms with Crippen LogP contribution in [0.25, 0.3) is 0 Å². The summed E-state index contributed by atoms with van der Waals surface area (Å²) in [5.74, 6) is -0.285. The lowest BCUT2D eigenvalue weighted by Gasteiger charge is -2.13. The van der Waals surface area contributed by atoms with E-state index in [9.17, 15) is 9.90 Å². The summed E-state index contributed by atoms with van der Waals surface area (Å²) in [4.78, 5) is 11.8. The molecule has 3 heteroatoms. The van der Waals surface area contributed by atoms with Gasteiger partial charge in [-0.25, -0.2) is 0 Å². The normalized spacial score (nSPS) is 12.6. The number of hydrogen-bond acceptors (Lipinski definition) is 3. The van der Waals surface area contributed by atoms with Gasteiger partial charge in [-0.15, -0.1) is 0 Å². The van der Waals surface area contributed by atoms with E-state index in [0.29, 0.717) is 5.56 Å². The maximum absolute atomic E-state index is 11.8. The number of Topliss-reactive ketones (excluding diaryl/α,β-unsaturated/α-hetero) is 1. The molecular weight excluding hydrogens is 190 g/mol. The van der Waals surface area contributed by atoms with Crippen LogP contribution >= 0.6 is 0 Å². The largest absolute Gasteiger partial charge is 0.384 e. The molecule has 0 spiro atoms. The summed E-state index contributed by atoms with van der Waals surface area (Å²) in [5, 5.41) is 9.42. The van der Waals surface area contributed by atoms with Gasteiger partial charge < -0.3 is 10.8 Å². The molecule has 0 fully saturated rings. The molecular formula is C12H17NO2. The average molecular weight is 207 g/mol. The molecule has 3 N–H and O–H groups in total. The number of carbonyl (C=O) groups is 1. The summed E-state index contributed by atoms with van der Waals surface area (Å²) in [6, 6.07) is 3.87. The Kier molecular flexibility index (Phi) is 3.61. The van der Waals surface area contributed by atoms with Crippen LogP contribution in [0, 0.1) is 20.8 Å². The summed E-state index contributed by atoms with van der Waals surface area (Å²) in [6.45, 7) is 5.69. The molecule has 1 atom stereocenters. The molecule has 0 heterocycles. The Morgan fingerprint density at radius 2 is 1.80 bits per heavy atom. The highest BCUT2D eigenvalue weighted by molar-refractivity contribution is 6.02. The molecule has 0 aliphatic carbocycles. The summed E-state index contributed by atoms with van der Waals surface area (Å²) in [5.41, 5.74) is 8.77. The Morgan fingerprint density at radius 1 is 1.33 bits per heavy atom. The van der Waals surface area contributed by atoms with Gasteiger partial charge in [0.05, 0.1) is 0 Å². The van der Waals surface area contributed by atoms with Crippen LogP contribution in [0.2, 0.25) is 0 Å². The van der Waals surface area contributed by atoms with E-state index in [-0.39, 0.29) is 12.3 Å². The first-order valence-corrected chi connectivity index (χ1v) is 4.97. The molecule has 0 bridgehead atoms. The van der Waals surface area contributed by atoms with Crippen LogP contribution in [-0.4, -0.2) is 23.5 Å². The van der Waals surface area contributed by atoms with E-state index in [0.717, 1.165) is 16.7 Å². The number of ketones is 1. The second-order valence-electron chi connectivity index (χ2n) is 3.89. The Morgan fingerprint density at radius 3 is 2.20 bits per heavy atom. The summed E-state index contributed by atoms with van der Waals surface area (Å²) in [6.07, 6.45) is -1.09. The maximum atomic E-state index is 11.8. The highest BCUT2D eigenvalue weighted by atomic mass is 16.3. The number of rotatable bonds is 3. The van der Waals surface area contributed by atoms with Crippen LogP contribution in [0.1, 0.15) is 27.0 Å². The van der Waals surface area contributed by atoms with Gasteiger partial charge in [-0.2, -0.15) is 0 Å². The molecule has 0 aliphatic rings. The highest BCUT2D eigenvalue weighted by Crippen LogP contribution is 2.17. The van der Waals surface area contributed by atoms with E-state index in [4.69, 9.17) is 5.73 Å². The number of aryl methyl sites for hydroxylation is 3. The molecule has 1 unspecified atom stereocenters. The van der Waals surface area contributed by atoms with E-state index in [2.05, 4.69) is 0 Å². The van der Waals surface area contributed by atoms with E-state index in [1.54, 1.807) is 0 Å². The summed E-state index contributed by atoms with van der Waals surface area (Å²) in [7, 11) is 0. The van der Waals surface area contributed by atoms with Crippen molar-refractivity contribution in [1.82, 2.24) is 0 Å². The van der Waals surface area contributed by atoms with Crippen molar-refractivity contribution in [3.8, 4) is 0 Å². The van der Waals surface area contributed by atoms with Crippen molar-refractivity contribution in [3.05, 3.63) is 34.4 Å². The number of benzene rings is 1. The van der Waals surface area contributed by atoms with Crippen LogP contribution in [0.5, 0.6) is 0 Å². The lowest BCUT2D eigenvalue weighted by atomic mass is 9.94. The van der Waals surface area contributed by atoms with Crippen LogP contribution in [0.15, 0.2) is 12.1 Å². The Labute approximate surface area is 89.9 Å². The molecule has 0 aliphatic heterocycles. The molecule has 1 aromatic carbocycles. The molecule has 0 aromatic heterocycles. The first kappa shape index (κ1) is 11.9. The van der Waals surface area contributed by atoms with Gasteiger partial charge in [-0.1, -0.05) is 17.7 Å². The van der Waals surface area contributed by atoms with Gasteiger partial charge in [0.2, 0.25) is 0 Å². The zero-order valence-electron chi connectivity index (χ0n) is 9.37. The number of aliphatic hydroxyl groups excluding tert-OH is 1. The molecule has 0 saturated carbocycles. The third-order valence-corrected chi connectivity index (χ3v) is 2.45. The van der Waals surface area contributed by atoms with Crippen LogP contribution in [0.3, 0.4) is 0 Å². The molecule has 1 rings (SSSR count). The minimum atomic E-state index is -1.09. The van der Waals surface area contributed by atoms with Crippen molar-refractivity contribution >= 4 is 5.78 Å². The zero-order chi connectivity index (χ0) is 11.6. The van der Waals surface area contributed by atoms with Gasteiger partial charge in [-0.05, 0) is 31.9 Å². The SMILES string of the molecule is Cc1cc(C)c(C(=O)C(O)CN)c(C)c1. The smallest absolute Gasteiger partial charge is 0.193 e. The number of nitrogens with two attached hydrogens (primary N) is 1. The minimum Gasteiger partial charge on any atom is -0.384 e. The molecule has 0 saturated heterocycles. The third-order valence-electron chi connectivity index (χ3n) is 2.45. The third kappa shape index (κ3) is 2.43. The van der Waals surface area contributed by atoms with Gasteiger partial charge >= 0.3 is 0 Å². The maximum Gasteiger partial charge on any atom is 0.193 e. The fraction of sp³-hybridized carbons (Fsp3) is 0.417. The van der Waals surface area contributed by atoms with Crippen LogP contribution < -0.4 is 5.73 Å². The van der Waals surface area contributed by atoms with Crippen molar-refractivity contribution in [2.45, 2.75) is 26.9 Å². The Bertz CT molecular complexity index is 362. The predicted octanol–water partition coefficient (Wildman–Crippen LogP) is 1.11. The first-order valence-electron chi connectivity index (χ1n) is 4.97. The lowest BCUT2D eigenvalue weighted by molar-refractivity contribution is 0.0761. The molecule has 3 nitrogen and oxygen atoms in total. The number of hydrogen-bond donors (Lipinski definition) is 2. The standard InChI is InChI=1S/C12H17NO2/c1-7-4-8(2)11(9(3)5-7)12(15)10(14)6-13/h4-5,10,14H,6,13H2,1-3H3. The van der Waals surface area contributed by atoms with Crippen molar-refractivity contribution in [2.24, 2.45) is 5.73 Å². The minimum absolute atomic E-state index is 0.0361. The van der Waals surface area contributed by atoms with Crippen molar-refractivity contribution < 1.29 is 9.90 Å². The van der Waals surface area contributed by atoms with Gasteiger partial charge in [0.15, 0.2) is 5.78 Å². The quantitative estimate of drug-likeness (QED) is 0.730. The molecule has 15 heavy (non-hydrogen) atoms. The number of aliphatic hydroxyl groups is 1. The van der Waals surface area contributed by atoms with Gasteiger partial charge in [0, 0.05) is 12.1 Å². The second-order valence-corrected chi connectivity index (χ2v) is 3.89. The molecule has 82 valence electrons. The van der Waals surface area contributed by atoms with E-state index >= 15 is 0 Å². The van der Waals surface area contributed by atoms with Crippen molar-refractivity contribution in [1.29, 1.82) is 0 Å². The van der Waals surface area contributed by atoms with Gasteiger partial charge in [0.1, 0.15) is 6.10 Å². The van der Waals surface area contributed by atoms with Gasteiger partial charge in [0.25, 0.3) is 0 Å². The molecule has 0 radical (unpaired) electrons. The molecule has 1 aromatic rings. The fourth-order valence-corrected chi connectivity index (χ4v) is 1.84. The summed E-state index contributed by atoms with van der Waals surface area (Å²) < 4.78 is 0. The second kappa shape index (κ2) is 4.55. The summed E-state index contributed by atoms with van der Waals surface area (Å²) >= 11 is 0. The van der Waals surface area contributed by atoms with E-state index in [1.165, 1.54) is 0 Å². The zero-order valence-corrected chi connectivity index (χ0v) is 9.37. The van der Waals surface area contributed by atoms with E-state index < -0.39 is 6.10 Å². The van der Waals surface area contributed by atoms with Crippen molar-refractivity contribution in [2.75, 3.05) is 6.54 Å². The van der Waals surface area contributed by atoms with Crippen LogP contribution in [0.4, 0.5) is 0 Å². The van der Waals surface area contributed by atoms with Gasteiger partial charge in [-0.3, -0.25) is 4.79 Å². The van der Waals surface area contributed by atoms with Crippen molar-refractivity contribution in [3.63, 3.8) is 0 Å². The van der Waals surface area contributed by atoms with E-state index in [1.807, 2.05) is 32.9 Å². The first-order chi connectivity index (χ1) is 6.97.